The van der Waals surface area contributed by atoms with Crippen LogP contribution in [-0.4, -0.2) is 16.0 Å². The molecule has 120 valence electrons. The zero-order valence-corrected chi connectivity index (χ0v) is 14.5. The highest BCUT2D eigenvalue weighted by molar-refractivity contribution is 6.20. The molecule has 2 heterocycles. The molecule has 2 aromatic heterocycles. The van der Waals surface area contributed by atoms with Gasteiger partial charge in [-0.2, -0.15) is 0 Å². The molecule has 4 heteroatoms. The lowest BCUT2D eigenvalue weighted by molar-refractivity contribution is 0.317. The van der Waals surface area contributed by atoms with E-state index in [0.717, 1.165) is 46.9 Å². The zero-order chi connectivity index (χ0) is 16.4. The summed E-state index contributed by atoms with van der Waals surface area (Å²) in [6.07, 6.45) is 3.02. The highest BCUT2D eigenvalue weighted by Crippen LogP contribution is 2.33. The van der Waals surface area contributed by atoms with Gasteiger partial charge in [-0.1, -0.05) is 13.0 Å². The van der Waals surface area contributed by atoms with Crippen LogP contribution in [0.4, 0.5) is 0 Å². The Kier molecular flexibility index (Phi) is 4.58. The second-order valence-corrected chi connectivity index (χ2v) is 6.37. The van der Waals surface area contributed by atoms with Gasteiger partial charge in [-0.3, -0.25) is 0 Å². The summed E-state index contributed by atoms with van der Waals surface area (Å²) in [5.41, 5.74) is 5.10. The van der Waals surface area contributed by atoms with Gasteiger partial charge in [0.25, 0.3) is 0 Å². The molecule has 1 aromatic carbocycles. The number of hydrogen-bond donors (Lipinski definition) is 0. The molecule has 0 aliphatic carbocycles. The fourth-order valence-electron chi connectivity index (χ4n) is 2.74. The Morgan fingerprint density at radius 1 is 1.22 bits per heavy atom. The van der Waals surface area contributed by atoms with Crippen molar-refractivity contribution >= 4 is 17.2 Å². The fourth-order valence-corrected chi connectivity index (χ4v) is 2.95. The first-order valence-corrected chi connectivity index (χ1v) is 8.40. The Bertz CT molecular complexity index is 806. The largest absolute Gasteiger partial charge is 0.494 e. The molecule has 0 saturated heterocycles. The molecule has 0 radical (unpaired) electrons. The Balaban J connectivity index is 2.08. The van der Waals surface area contributed by atoms with E-state index in [1.165, 1.54) is 0 Å². The SMILES string of the molecule is CCCOc1ccc(-c2nc3c(C)cccn3c2C(C)Cl)cc1. The van der Waals surface area contributed by atoms with Gasteiger partial charge in [0.05, 0.1) is 23.4 Å². The predicted octanol–water partition coefficient (Wildman–Crippen LogP) is 5.40. The lowest BCUT2D eigenvalue weighted by atomic mass is 10.1. The Labute approximate surface area is 141 Å². The quantitative estimate of drug-likeness (QED) is 0.586. The second-order valence-electron chi connectivity index (χ2n) is 5.72. The zero-order valence-electron chi connectivity index (χ0n) is 13.7. The maximum Gasteiger partial charge on any atom is 0.140 e. The van der Waals surface area contributed by atoms with Gasteiger partial charge in [-0.25, -0.2) is 4.98 Å². The first kappa shape index (κ1) is 15.9. The van der Waals surface area contributed by atoms with Crippen molar-refractivity contribution in [2.24, 2.45) is 0 Å². The van der Waals surface area contributed by atoms with Gasteiger partial charge in [0.15, 0.2) is 0 Å². The third kappa shape index (κ3) is 3.06. The van der Waals surface area contributed by atoms with Crippen molar-refractivity contribution in [3.63, 3.8) is 0 Å². The molecule has 3 nitrogen and oxygen atoms in total. The molecule has 1 unspecified atom stereocenters. The average molecular weight is 329 g/mol. The average Bonchev–Trinajstić information content (AvgIpc) is 2.94. The van der Waals surface area contributed by atoms with Crippen molar-refractivity contribution in [1.82, 2.24) is 9.38 Å². The predicted molar refractivity (Wildman–Crippen MR) is 95.4 cm³/mol. The molecule has 0 saturated carbocycles. The topological polar surface area (TPSA) is 26.5 Å². The van der Waals surface area contributed by atoms with Crippen LogP contribution in [0.3, 0.4) is 0 Å². The van der Waals surface area contributed by atoms with Crippen LogP contribution in [0.1, 0.15) is 36.9 Å². The number of imidazole rings is 1. The van der Waals surface area contributed by atoms with E-state index in [9.17, 15) is 0 Å². The summed E-state index contributed by atoms with van der Waals surface area (Å²) >= 11 is 6.45. The summed E-state index contributed by atoms with van der Waals surface area (Å²) in [6, 6.07) is 12.2. The highest BCUT2D eigenvalue weighted by Gasteiger charge is 2.18. The number of aryl methyl sites for hydroxylation is 1. The molecule has 0 fully saturated rings. The molecule has 0 aliphatic rings. The van der Waals surface area contributed by atoms with Gasteiger partial charge >= 0.3 is 0 Å². The number of fused-ring (bicyclic) bond motifs is 1. The molecule has 0 N–H and O–H groups in total. The van der Waals surface area contributed by atoms with E-state index in [1.807, 2.05) is 43.5 Å². The van der Waals surface area contributed by atoms with Crippen LogP contribution < -0.4 is 4.74 Å². The van der Waals surface area contributed by atoms with Crippen molar-refractivity contribution in [2.45, 2.75) is 32.6 Å². The first-order valence-electron chi connectivity index (χ1n) is 7.96. The number of alkyl halides is 1. The van der Waals surface area contributed by atoms with Crippen LogP contribution >= 0.6 is 11.6 Å². The second kappa shape index (κ2) is 6.63. The minimum Gasteiger partial charge on any atom is -0.494 e. The van der Waals surface area contributed by atoms with Crippen LogP contribution in [-0.2, 0) is 0 Å². The minimum atomic E-state index is -0.127. The van der Waals surface area contributed by atoms with E-state index in [-0.39, 0.29) is 5.38 Å². The Morgan fingerprint density at radius 3 is 2.61 bits per heavy atom. The van der Waals surface area contributed by atoms with Crippen molar-refractivity contribution in [2.75, 3.05) is 6.61 Å². The van der Waals surface area contributed by atoms with E-state index in [2.05, 4.69) is 24.3 Å². The number of rotatable bonds is 5. The normalized spacial score (nSPS) is 12.5. The Morgan fingerprint density at radius 2 is 1.96 bits per heavy atom. The minimum absolute atomic E-state index is 0.127. The molecular weight excluding hydrogens is 308 g/mol. The molecule has 0 bridgehead atoms. The van der Waals surface area contributed by atoms with Gasteiger partial charge < -0.3 is 9.14 Å². The van der Waals surface area contributed by atoms with E-state index >= 15 is 0 Å². The van der Waals surface area contributed by atoms with Crippen LogP contribution in [0.2, 0.25) is 0 Å². The summed E-state index contributed by atoms with van der Waals surface area (Å²) in [5.74, 6) is 0.885. The third-order valence-corrected chi connectivity index (χ3v) is 4.07. The summed E-state index contributed by atoms with van der Waals surface area (Å²) in [6.45, 7) is 6.88. The van der Waals surface area contributed by atoms with Crippen molar-refractivity contribution in [3.05, 3.63) is 53.9 Å². The summed E-state index contributed by atoms with van der Waals surface area (Å²) in [4.78, 5) is 4.83. The first-order chi connectivity index (χ1) is 11.1. The summed E-state index contributed by atoms with van der Waals surface area (Å²) < 4.78 is 7.74. The molecule has 3 rings (SSSR count). The van der Waals surface area contributed by atoms with Crippen molar-refractivity contribution < 1.29 is 4.74 Å². The number of aromatic nitrogens is 2. The standard InChI is InChI=1S/C19H21ClN2O/c1-4-12-23-16-9-7-15(8-10-16)17-18(14(3)20)22-11-5-6-13(2)19(22)21-17/h5-11,14H,4,12H2,1-3H3. The number of ether oxygens (including phenoxy) is 1. The maximum absolute atomic E-state index is 6.45. The van der Waals surface area contributed by atoms with Crippen molar-refractivity contribution in [3.8, 4) is 17.0 Å². The van der Waals surface area contributed by atoms with Gasteiger partial charge in [0.1, 0.15) is 11.4 Å². The molecule has 0 amide bonds. The molecule has 1 atom stereocenters. The van der Waals surface area contributed by atoms with Crippen LogP contribution in [0.15, 0.2) is 42.6 Å². The monoisotopic (exact) mass is 328 g/mol. The molecular formula is C19H21ClN2O. The van der Waals surface area contributed by atoms with Gasteiger partial charge in [0, 0.05) is 11.8 Å². The van der Waals surface area contributed by atoms with Crippen LogP contribution in [0.5, 0.6) is 5.75 Å². The smallest absolute Gasteiger partial charge is 0.140 e. The maximum atomic E-state index is 6.45. The molecule has 23 heavy (non-hydrogen) atoms. The van der Waals surface area contributed by atoms with Crippen molar-refractivity contribution in [1.29, 1.82) is 0 Å². The van der Waals surface area contributed by atoms with Gasteiger partial charge in [0.2, 0.25) is 0 Å². The van der Waals surface area contributed by atoms with E-state index < -0.39 is 0 Å². The summed E-state index contributed by atoms with van der Waals surface area (Å²) in [7, 11) is 0. The van der Waals surface area contributed by atoms with Gasteiger partial charge in [-0.15, -0.1) is 11.6 Å². The van der Waals surface area contributed by atoms with E-state index in [4.69, 9.17) is 21.3 Å². The number of pyridine rings is 1. The van der Waals surface area contributed by atoms with E-state index in [0.29, 0.717) is 0 Å². The summed E-state index contributed by atoms with van der Waals surface area (Å²) in [5, 5.41) is -0.127. The van der Waals surface area contributed by atoms with E-state index in [1.54, 1.807) is 0 Å². The van der Waals surface area contributed by atoms with Gasteiger partial charge in [-0.05, 0) is 56.2 Å². The fraction of sp³-hybridized carbons (Fsp3) is 0.316. The number of halogens is 1. The highest BCUT2D eigenvalue weighted by atomic mass is 35.5. The molecule has 3 aromatic rings. The number of nitrogens with zero attached hydrogens (tertiary/aromatic N) is 2. The molecule has 0 spiro atoms. The lowest BCUT2D eigenvalue weighted by Crippen LogP contribution is -1.96. The third-order valence-electron chi connectivity index (χ3n) is 3.86. The van der Waals surface area contributed by atoms with Crippen LogP contribution in [0, 0.1) is 6.92 Å². The molecule has 0 aliphatic heterocycles. The van der Waals surface area contributed by atoms with Crippen LogP contribution in [0.25, 0.3) is 16.9 Å². The Hall–Kier alpha value is -2.00. The lowest BCUT2D eigenvalue weighted by Gasteiger charge is -2.08. The number of hydrogen-bond acceptors (Lipinski definition) is 2. The number of benzene rings is 1.